The third-order valence-corrected chi connectivity index (χ3v) is 3.21. The van der Waals surface area contributed by atoms with Gasteiger partial charge in [-0.1, -0.05) is 17.7 Å². The number of aliphatic carboxylic acids is 1. The Hall–Kier alpha value is -2.08. The molecule has 0 aliphatic heterocycles. The van der Waals surface area contributed by atoms with E-state index in [2.05, 4.69) is 10.9 Å². The first kappa shape index (κ1) is 19.0. The third kappa shape index (κ3) is 6.28. The van der Waals surface area contributed by atoms with E-state index in [4.69, 9.17) is 9.84 Å². The lowest BCUT2D eigenvalue weighted by Gasteiger charge is -2.24. The molecule has 0 aliphatic carbocycles. The zero-order valence-electron chi connectivity index (χ0n) is 14.6. The molecule has 0 bridgehead atoms. The van der Waals surface area contributed by atoms with Crippen molar-refractivity contribution >= 4 is 12.1 Å². The van der Waals surface area contributed by atoms with Crippen LogP contribution in [0, 0.1) is 20.8 Å². The van der Waals surface area contributed by atoms with Crippen LogP contribution in [0.15, 0.2) is 12.1 Å². The van der Waals surface area contributed by atoms with E-state index >= 15 is 0 Å². The van der Waals surface area contributed by atoms with Crippen LogP contribution in [0.25, 0.3) is 0 Å². The van der Waals surface area contributed by atoms with Gasteiger partial charge >= 0.3 is 12.1 Å². The lowest BCUT2D eigenvalue weighted by atomic mass is 9.93. The van der Waals surface area contributed by atoms with Gasteiger partial charge in [0.1, 0.15) is 5.60 Å². The van der Waals surface area contributed by atoms with E-state index in [0.29, 0.717) is 0 Å². The molecule has 0 aliphatic rings. The average Bonchev–Trinajstić information content (AvgIpc) is 2.31. The highest BCUT2D eigenvalue weighted by molar-refractivity contribution is 5.69. The Morgan fingerprint density at radius 2 is 1.70 bits per heavy atom. The van der Waals surface area contributed by atoms with E-state index in [1.54, 1.807) is 20.8 Å². The number of hydrogen-bond acceptors (Lipinski definition) is 4. The molecule has 0 heterocycles. The number of carboxylic acid groups (broad SMARTS) is 1. The SMILES string of the molecule is Cc1cc(C)c([C@H](CC(=O)O)NNC(=O)OC(C)(C)C)c(C)c1. The van der Waals surface area contributed by atoms with E-state index < -0.39 is 23.7 Å². The molecule has 6 heteroatoms. The number of benzene rings is 1. The second-order valence-corrected chi connectivity index (χ2v) is 6.73. The number of aryl methyl sites for hydroxylation is 3. The van der Waals surface area contributed by atoms with Crippen LogP contribution in [-0.2, 0) is 9.53 Å². The maximum absolute atomic E-state index is 11.8. The Bertz CT molecular complexity index is 568. The van der Waals surface area contributed by atoms with E-state index in [1.807, 2.05) is 32.9 Å². The standard InChI is InChI=1S/C17H26N2O4/c1-10-7-11(2)15(12(3)8-10)13(9-14(20)21)18-19-16(22)23-17(4,5)6/h7-8,13,18H,9H2,1-6H3,(H,19,22)(H,20,21)/t13-/m0/s1. The minimum absolute atomic E-state index is 0.152. The quantitative estimate of drug-likeness (QED) is 0.725. The fourth-order valence-corrected chi connectivity index (χ4v) is 2.59. The highest BCUT2D eigenvalue weighted by Gasteiger charge is 2.22. The van der Waals surface area contributed by atoms with Crippen molar-refractivity contribution in [3.05, 3.63) is 34.4 Å². The molecule has 1 aromatic rings. The summed E-state index contributed by atoms with van der Waals surface area (Å²) in [6, 6.07) is 3.44. The first-order valence-corrected chi connectivity index (χ1v) is 7.53. The second kappa shape index (κ2) is 7.46. The van der Waals surface area contributed by atoms with Gasteiger partial charge in [-0.25, -0.2) is 10.2 Å². The maximum atomic E-state index is 11.8. The fourth-order valence-electron chi connectivity index (χ4n) is 2.59. The minimum atomic E-state index is -0.951. The van der Waals surface area contributed by atoms with Gasteiger partial charge < -0.3 is 9.84 Å². The second-order valence-electron chi connectivity index (χ2n) is 6.73. The molecule has 1 atom stereocenters. The van der Waals surface area contributed by atoms with E-state index in [1.165, 1.54) is 0 Å². The molecule has 1 aromatic carbocycles. The van der Waals surface area contributed by atoms with Crippen LogP contribution in [-0.4, -0.2) is 22.8 Å². The predicted octanol–water partition coefficient (Wildman–Crippen LogP) is 3.16. The molecule has 0 saturated heterocycles. The molecule has 3 N–H and O–H groups in total. The predicted molar refractivity (Wildman–Crippen MR) is 88.2 cm³/mol. The van der Waals surface area contributed by atoms with E-state index in [-0.39, 0.29) is 6.42 Å². The Kier molecular flexibility index (Phi) is 6.15. The van der Waals surface area contributed by atoms with Gasteiger partial charge in [-0.15, -0.1) is 0 Å². The number of nitrogens with one attached hydrogen (secondary N) is 2. The molecule has 23 heavy (non-hydrogen) atoms. The molecular weight excluding hydrogens is 296 g/mol. The Balaban J connectivity index is 2.94. The summed E-state index contributed by atoms with van der Waals surface area (Å²) in [5.74, 6) is -0.951. The van der Waals surface area contributed by atoms with Crippen LogP contribution >= 0.6 is 0 Å². The molecule has 6 nitrogen and oxygen atoms in total. The van der Waals surface area contributed by atoms with Crippen molar-refractivity contribution in [2.24, 2.45) is 0 Å². The molecule has 0 radical (unpaired) electrons. The molecule has 0 spiro atoms. The van der Waals surface area contributed by atoms with Crippen molar-refractivity contribution in [2.75, 3.05) is 0 Å². The number of carbonyl (C=O) groups is 2. The number of hydrogen-bond donors (Lipinski definition) is 3. The number of hydrazine groups is 1. The largest absolute Gasteiger partial charge is 0.481 e. The van der Waals surface area contributed by atoms with Crippen molar-refractivity contribution in [3.63, 3.8) is 0 Å². The van der Waals surface area contributed by atoms with Gasteiger partial charge in [0.2, 0.25) is 0 Å². The zero-order valence-corrected chi connectivity index (χ0v) is 14.6. The van der Waals surface area contributed by atoms with Crippen LogP contribution in [0.3, 0.4) is 0 Å². The molecule has 0 aromatic heterocycles. The summed E-state index contributed by atoms with van der Waals surface area (Å²) in [5, 5.41) is 9.15. The summed E-state index contributed by atoms with van der Waals surface area (Å²) in [5.41, 5.74) is 8.54. The van der Waals surface area contributed by atoms with Gasteiger partial charge in [-0.2, -0.15) is 0 Å². The minimum Gasteiger partial charge on any atom is -0.481 e. The Labute approximate surface area is 137 Å². The zero-order chi connectivity index (χ0) is 17.8. The van der Waals surface area contributed by atoms with Crippen LogP contribution in [0.1, 0.15) is 55.5 Å². The van der Waals surface area contributed by atoms with Gasteiger partial charge in [0.05, 0.1) is 12.5 Å². The fraction of sp³-hybridized carbons (Fsp3) is 0.529. The lowest BCUT2D eigenvalue weighted by molar-refractivity contribution is -0.137. The van der Waals surface area contributed by atoms with Crippen LogP contribution < -0.4 is 10.9 Å². The monoisotopic (exact) mass is 322 g/mol. The molecule has 128 valence electrons. The molecular formula is C17H26N2O4. The summed E-state index contributed by atoms with van der Waals surface area (Å²) >= 11 is 0. The average molecular weight is 322 g/mol. The summed E-state index contributed by atoms with van der Waals surface area (Å²) in [7, 11) is 0. The van der Waals surface area contributed by atoms with Crippen molar-refractivity contribution in [1.29, 1.82) is 0 Å². The Morgan fingerprint density at radius 1 is 1.17 bits per heavy atom. The topological polar surface area (TPSA) is 87.7 Å². The number of carboxylic acids is 1. The van der Waals surface area contributed by atoms with Crippen LogP contribution in [0.4, 0.5) is 4.79 Å². The third-order valence-electron chi connectivity index (χ3n) is 3.21. The summed E-state index contributed by atoms with van der Waals surface area (Å²) in [6.07, 6.45) is -0.795. The van der Waals surface area contributed by atoms with Gasteiger partial charge in [0.15, 0.2) is 0 Å². The van der Waals surface area contributed by atoms with Gasteiger partial charge in [-0.3, -0.25) is 10.2 Å². The molecule has 0 saturated carbocycles. The van der Waals surface area contributed by atoms with Gasteiger partial charge in [-0.05, 0) is 58.2 Å². The number of amides is 1. The van der Waals surface area contributed by atoms with E-state index in [0.717, 1.165) is 22.3 Å². The molecule has 1 rings (SSSR count). The van der Waals surface area contributed by atoms with Crippen LogP contribution in [0.2, 0.25) is 0 Å². The van der Waals surface area contributed by atoms with Crippen molar-refractivity contribution < 1.29 is 19.4 Å². The maximum Gasteiger partial charge on any atom is 0.422 e. The van der Waals surface area contributed by atoms with Crippen LogP contribution in [0.5, 0.6) is 0 Å². The summed E-state index contributed by atoms with van der Waals surface area (Å²) < 4.78 is 5.15. The van der Waals surface area contributed by atoms with Gasteiger partial charge in [0, 0.05) is 0 Å². The normalized spacial score (nSPS) is 12.6. The summed E-state index contributed by atoms with van der Waals surface area (Å²) in [6.45, 7) is 11.1. The Morgan fingerprint density at radius 3 is 2.13 bits per heavy atom. The van der Waals surface area contributed by atoms with Gasteiger partial charge in [0.25, 0.3) is 0 Å². The number of ether oxygens (including phenoxy) is 1. The smallest absolute Gasteiger partial charge is 0.422 e. The van der Waals surface area contributed by atoms with Crippen molar-refractivity contribution in [1.82, 2.24) is 10.9 Å². The lowest BCUT2D eigenvalue weighted by Crippen LogP contribution is -2.43. The number of carbonyl (C=O) groups excluding carboxylic acids is 1. The first-order valence-electron chi connectivity index (χ1n) is 7.53. The van der Waals surface area contributed by atoms with Crippen molar-refractivity contribution in [2.45, 2.75) is 59.6 Å². The number of rotatable bonds is 5. The molecule has 0 fully saturated rings. The highest BCUT2D eigenvalue weighted by Crippen LogP contribution is 2.25. The van der Waals surface area contributed by atoms with E-state index in [9.17, 15) is 9.59 Å². The molecule has 0 unspecified atom stereocenters. The van der Waals surface area contributed by atoms with Crippen molar-refractivity contribution in [3.8, 4) is 0 Å². The first-order chi connectivity index (χ1) is 10.5. The summed E-state index contributed by atoms with van der Waals surface area (Å²) in [4.78, 5) is 22.9. The highest BCUT2D eigenvalue weighted by atomic mass is 16.6. The molecule has 1 amide bonds.